The molecule has 0 bridgehead atoms. The van der Waals surface area contributed by atoms with Crippen LogP contribution < -0.4 is 11.1 Å². The van der Waals surface area contributed by atoms with Crippen LogP contribution in [0, 0.1) is 6.92 Å². The summed E-state index contributed by atoms with van der Waals surface area (Å²) in [5, 5.41) is 11.5. The number of hydrogen-bond acceptors (Lipinski definition) is 5. The van der Waals surface area contributed by atoms with Gasteiger partial charge in [-0.1, -0.05) is 39.8 Å². The van der Waals surface area contributed by atoms with E-state index >= 15 is 0 Å². The van der Waals surface area contributed by atoms with Crippen molar-refractivity contribution >= 4 is 23.5 Å². The summed E-state index contributed by atoms with van der Waals surface area (Å²) in [4.78, 5) is 35.0. The van der Waals surface area contributed by atoms with Crippen LogP contribution in [0.4, 0.5) is 5.69 Å². The number of rotatable bonds is 9. The quantitative estimate of drug-likeness (QED) is 0.349. The molecule has 0 aliphatic heterocycles. The molecule has 0 fully saturated rings. The van der Waals surface area contributed by atoms with Crippen molar-refractivity contribution in [2.24, 2.45) is 5.73 Å². The number of amides is 2. The molecule has 8 heteroatoms. The minimum Gasteiger partial charge on any atom is -0.466 e. The van der Waals surface area contributed by atoms with E-state index in [4.69, 9.17) is 15.6 Å². The fraction of sp³-hybridized carbons (Fsp3) is 0.345. The van der Waals surface area contributed by atoms with Crippen LogP contribution >= 0.6 is 0 Å². The second-order valence-electron chi connectivity index (χ2n) is 7.50. The number of ether oxygens (including phenoxy) is 1. The first-order valence-corrected chi connectivity index (χ1v) is 12.6. The first-order chi connectivity index (χ1) is 17.8. The molecule has 200 valence electrons. The summed E-state index contributed by atoms with van der Waals surface area (Å²) in [7, 11) is 0. The Bertz CT molecular complexity index is 1170. The Hall–Kier alpha value is -3.91. The summed E-state index contributed by atoms with van der Waals surface area (Å²) in [6, 6.07) is 16.4. The molecule has 8 nitrogen and oxygen atoms in total. The smallest absolute Gasteiger partial charge is 0.306 e. The summed E-state index contributed by atoms with van der Waals surface area (Å²) in [5.74, 6) is -1.26. The number of carbonyl (C=O) groups is 3. The summed E-state index contributed by atoms with van der Waals surface area (Å²) in [6.07, 6.45) is 0.711. The molecule has 0 atom stereocenters. The number of anilines is 1. The number of esters is 1. The number of primary amides is 1. The van der Waals surface area contributed by atoms with Crippen LogP contribution in [0.15, 0.2) is 54.6 Å². The van der Waals surface area contributed by atoms with Crippen LogP contribution in [0.5, 0.6) is 0 Å². The molecule has 0 radical (unpaired) electrons. The third kappa shape index (κ3) is 8.61. The molecule has 0 aliphatic carbocycles. The van der Waals surface area contributed by atoms with Gasteiger partial charge in [-0.05, 0) is 73.9 Å². The molecule has 37 heavy (non-hydrogen) atoms. The SMILES string of the molecule is CC.CC.CCOC(=O)CCc1ccc(-c2ccc(NC(=O)CO)cc2)n1-c1ccc(C(N)=O)cc1C. The van der Waals surface area contributed by atoms with Gasteiger partial charge in [-0.25, -0.2) is 0 Å². The largest absolute Gasteiger partial charge is 0.466 e. The van der Waals surface area contributed by atoms with Gasteiger partial charge in [0.2, 0.25) is 11.8 Å². The van der Waals surface area contributed by atoms with E-state index in [1.165, 1.54) is 0 Å². The molecule has 0 saturated heterocycles. The highest BCUT2D eigenvalue weighted by Gasteiger charge is 2.16. The second kappa shape index (κ2) is 16.0. The van der Waals surface area contributed by atoms with Crippen LogP contribution in [0.25, 0.3) is 16.9 Å². The second-order valence-corrected chi connectivity index (χ2v) is 7.50. The highest BCUT2D eigenvalue weighted by molar-refractivity contribution is 5.93. The monoisotopic (exact) mass is 509 g/mol. The molecule has 3 rings (SSSR count). The lowest BCUT2D eigenvalue weighted by Gasteiger charge is -2.17. The van der Waals surface area contributed by atoms with E-state index in [-0.39, 0.29) is 12.4 Å². The van der Waals surface area contributed by atoms with Crippen LogP contribution in [0.1, 0.15) is 62.7 Å². The molecule has 1 aromatic heterocycles. The van der Waals surface area contributed by atoms with Gasteiger partial charge in [0.1, 0.15) is 6.61 Å². The number of nitrogens with one attached hydrogen (secondary N) is 1. The first kappa shape index (κ1) is 31.1. The van der Waals surface area contributed by atoms with Gasteiger partial charge >= 0.3 is 5.97 Å². The number of aryl methyl sites for hydroxylation is 2. The molecule has 0 unspecified atom stereocenters. The van der Waals surface area contributed by atoms with E-state index in [1.54, 1.807) is 31.2 Å². The highest BCUT2D eigenvalue weighted by Crippen LogP contribution is 2.30. The lowest BCUT2D eigenvalue weighted by atomic mass is 10.1. The Kier molecular flexibility index (Phi) is 13.4. The van der Waals surface area contributed by atoms with E-state index in [0.717, 1.165) is 28.2 Å². The predicted molar refractivity (Wildman–Crippen MR) is 148 cm³/mol. The Balaban J connectivity index is 0.00000163. The van der Waals surface area contributed by atoms with Crippen LogP contribution in [-0.4, -0.2) is 40.7 Å². The van der Waals surface area contributed by atoms with Crippen molar-refractivity contribution in [3.05, 3.63) is 71.4 Å². The third-order valence-electron chi connectivity index (χ3n) is 5.18. The summed E-state index contributed by atoms with van der Waals surface area (Å²) in [5.41, 5.74) is 10.8. The predicted octanol–water partition coefficient (Wildman–Crippen LogP) is 5.03. The lowest BCUT2D eigenvalue weighted by molar-refractivity contribution is -0.143. The standard InChI is InChI=1S/C25H27N3O5.2C2H6/c1-3-33-24(31)13-10-20-9-12-22(17-4-7-19(8-5-17)27-23(30)15-29)28(20)21-11-6-18(25(26)32)14-16(21)2;2*1-2/h4-9,11-12,14,29H,3,10,13,15H2,1-2H3,(H2,26,32)(H,27,30);2*1-2H3. The number of nitrogens with two attached hydrogens (primary N) is 1. The molecule has 4 N–H and O–H groups in total. The van der Waals surface area contributed by atoms with Crippen molar-refractivity contribution < 1.29 is 24.2 Å². The average molecular weight is 510 g/mol. The highest BCUT2D eigenvalue weighted by atomic mass is 16.5. The lowest BCUT2D eigenvalue weighted by Crippen LogP contribution is -2.15. The van der Waals surface area contributed by atoms with Gasteiger partial charge in [0.25, 0.3) is 0 Å². The van der Waals surface area contributed by atoms with Crippen molar-refractivity contribution in [3.8, 4) is 16.9 Å². The molecule has 0 aliphatic rings. The van der Waals surface area contributed by atoms with Crippen LogP contribution in [0.2, 0.25) is 0 Å². The topological polar surface area (TPSA) is 124 Å². The number of hydrogen-bond donors (Lipinski definition) is 3. The maximum absolute atomic E-state index is 11.9. The molecular formula is C29H39N3O5. The molecule has 2 amide bonds. The maximum Gasteiger partial charge on any atom is 0.306 e. The van der Waals surface area contributed by atoms with E-state index in [2.05, 4.69) is 5.32 Å². The molecule has 1 heterocycles. The zero-order chi connectivity index (χ0) is 28.0. The van der Waals surface area contributed by atoms with Gasteiger partial charge in [0, 0.05) is 22.6 Å². The third-order valence-corrected chi connectivity index (χ3v) is 5.18. The summed E-state index contributed by atoms with van der Waals surface area (Å²) < 4.78 is 7.11. The number of nitrogens with zero attached hydrogens (tertiary/aromatic N) is 1. The molecular weight excluding hydrogens is 470 g/mol. The number of aromatic nitrogens is 1. The van der Waals surface area contributed by atoms with E-state index < -0.39 is 18.4 Å². The van der Waals surface area contributed by atoms with Gasteiger partial charge in [-0.3, -0.25) is 14.4 Å². The summed E-state index contributed by atoms with van der Waals surface area (Å²) in [6.45, 7) is 11.4. The number of aliphatic hydroxyl groups is 1. The van der Waals surface area contributed by atoms with E-state index in [0.29, 0.717) is 24.3 Å². The number of benzene rings is 2. The van der Waals surface area contributed by atoms with Crippen LogP contribution in [-0.2, 0) is 20.7 Å². The zero-order valence-corrected chi connectivity index (χ0v) is 22.6. The Labute approximate surface area is 219 Å². The average Bonchev–Trinajstić information content (AvgIpc) is 3.33. The fourth-order valence-corrected chi connectivity index (χ4v) is 3.63. The van der Waals surface area contributed by atoms with Crippen molar-refractivity contribution in [2.45, 2.75) is 54.4 Å². The van der Waals surface area contributed by atoms with Crippen molar-refractivity contribution in [1.82, 2.24) is 4.57 Å². The Morgan fingerprint density at radius 3 is 2.16 bits per heavy atom. The van der Waals surface area contributed by atoms with Gasteiger partial charge in [-0.2, -0.15) is 0 Å². The molecule has 0 saturated carbocycles. The summed E-state index contributed by atoms with van der Waals surface area (Å²) >= 11 is 0. The fourth-order valence-electron chi connectivity index (χ4n) is 3.63. The normalized spacial score (nSPS) is 9.81. The van der Waals surface area contributed by atoms with Gasteiger partial charge in [0.15, 0.2) is 0 Å². The van der Waals surface area contributed by atoms with E-state index in [1.807, 2.05) is 69.5 Å². The van der Waals surface area contributed by atoms with Gasteiger partial charge in [-0.15, -0.1) is 0 Å². The maximum atomic E-state index is 11.9. The minimum absolute atomic E-state index is 0.238. The van der Waals surface area contributed by atoms with E-state index in [9.17, 15) is 14.4 Å². The molecule has 3 aromatic rings. The number of carbonyl (C=O) groups excluding carboxylic acids is 3. The van der Waals surface area contributed by atoms with Crippen molar-refractivity contribution in [2.75, 3.05) is 18.5 Å². The zero-order valence-electron chi connectivity index (χ0n) is 22.6. The van der Waals surface area contributed by atoms with Gasteiger partial charge < -0.3 is 25.5 Å². The van der Waals surface area contributed by atoms with Crippen molar-refractivity contribution in [3.63, 3.8) is 0 Å². The van der Waals surface area contributed by atoms with Gasteiger partial charge in [0.05, 0.1) is 18.7 Å². The minimum atomic E-state index is -0.588. The molecule has 2 aromatic carbocycles. The van der Waals surface area contributed by atoms with Crippen LogP contribution in [0.3, 0.4) is 0 Å². The van der Waals surface area contributed by atoms with Crippen molar-refractivity contribution in [1.29, 1.82) is 0 Å². The Morgan fingerprint density at radius 1 is 0.973 bits per heavy atom. The molecule has 0 spiro atoms. The number of aliphatic hydroxyl groups excluding tert-OH is 1. The first-order valence-electron chi connectivity index (χ1n) is 12.6. The Morgan fingerprint density at radius 2 is 1.62 bits per heavy atom.